The summed E-state index contributed by atoms with van der Waals surface area (Å²) in [5.74, 6) is 0.999. The van der Waals surface area contributed by atoms with Crippen molar-refractivity contribution in [3.8, 4) is 5.75 Å². The molecule has 0 fully saturated rings. The predicted octanol–water partition coefficient (Wildman–Crippen LogP) is 1.53. The van der Waals surface area contributed by atoms with Gasteiger partial charge in [-0.25, -0.2) is 0 Å². The minimum Gasteiger partial charge on any atom is -0.486 e. The molecule has 0 radical (unpaired) electrons. The van der Waals surface area contributed by atoms with E-state index in [9.17, 15) is 17.3 Å². The molecule has 2 aromatic carbocycles. The summed E-state index contributed by atoms with van der Waals surface area (Å²) in [4.78, 5) is 0. The molecule has 0 aliphatic carbocycles. The average molecular weight is 456 g/mol. The van der Waals surface area contributed by atoms with Crippen LogP contribution in [-0.4, -0.2) is 27.1 Å². The SMILES string of the molecule is CCOCCOc1ccccc1[I+]c1ccccc1.F[B-](F)(F)F. The highest BCUT2D eigenvalue weighted by Gasteiger charge is 2.21. The minimum absolute atomic E-state index is 0.185. The van der Waals surface area contributed by atoms with Gasteiger partial charge < -0.3 is 26.7 Å². The van der Waals surface area contributed by atoms with Gasteiger partial charge >= 0.3 is 28.5 Å². The average Bonchev–Trinajstić information content (AvgIpc) is 2.52. The van der Waals surface area contributed by atoms with Crippen LogP contribution < -0.4 is 25.9 Å². The molecule has 0 atom stereocenters. The third-order valence-electron chi connectivity index (χ3n) is 2.47. The Bertz CT molecular complexity index is 576. The summed E-state index contributed by atoms with van der Waals surface area (Å²) in [6, 6.07) is 18.9. The van der Waals surface area contributed by atoms with Crippen molar-refractivity contribution in [1.82, 2.24) is 0 Å². The molecule has 24 heavy (non-hydrogen) atoms. The van der Waals surface area contributed by atoms with E-state index in [0.717, 1.165) is 12.4 Å². The summed E-state index contributed by atoms with van der Waals surface area (Å²) in [6.45, 7) is 3.99. The lowest BCUT2D eigenvalue weighted by Crippen LogP contribution is -3.61. The second-order valence-corrected chi connectivity index (χ2v) is 7.31. The summed E-state index contributed by atoms with van der Waals surface area (Å²) >= 11 is -0.185. The fourth-order valence-corrected chi connectivity index (χ4v) is 4.02. The molecule has 2 aromatic rings. The molecule has 0 N–H and O–H groups in total. The van der Waals surface area contributed by atoms with E-state index in [-0.39, 0.29) is 21.2 Å². The Morgan fingerprint density at radius 1 is 0.875 bits per heavy atom. The molecule has 0 heterocycles. The summed E-state index contributed by atoms with van der Waals surface area (Å²) < 4.78 is 52.8. The zero-order valence-electron chi connectivity index (χ0n) is 13.1. The maximum atomic E-state index is 9.75. The van der Waals surface area contributed by atoms with Crippen LogP contribution >= 0.6 is 0 Å². The second kappa shape index (κ2) is 11.3. The molecule has 8 heteroatoms. The molecule has 0 saturated carbocycles. The van der Waals surface area contributed by atoms with Gasteiger partial charge in [-0.15, -0.1) is 0 Å². The summed E-state index contributed by atoms with van der Waals surface area (Å²) in [5.41, 5.74) is 0. The molecule has 0 spiro atoms. The fourth-order valence-electron chi connectivity index (χ4n) is 1.59. The smallest absolute Gasteiger partial charge is 0.486 e. The maximum absolute atomic E-state index is 9.75. The van der Waals surface area contributed by atoms with E-state index in [4.69, 9.17) is 9.47 Å². The molecule has 0 aromatic heterocycles. The van der Waals surface area contributed by atoms with Gasteiger partial charge in [-0.05, 0) is 31.2 Å². The molecule has 2 rings (SSSR count). The maximum Gasteiger partial charge on any atom is 0.673 e. The van der Waals surface area contributed by atoms with E-state index in [1.807, 2.05) is 19.1 Å². The van der Waals surface area contributed by atoms with Crippen LogP contribution in [0.25, 0.3) is 0 Å². The van der Waals surface area contributed by atoms with E-state index >= 15 is 0 Å². The van der Waals surface area contributed by atoms with Crippen molar-refractivity contribution in [3.63, 3.8) is 0 Å². The quantitative estimate of drug-likeness (QED) is 0.273. The summed E-state index contributed by atoms with van der Waals surface area (Å²) in [5, 5.41) is 0. The van der Waals surface area contributed by atoms with Crippen LogP contribution in [0.3, 0.4) is 0 Å². The van der Waals surface area contributed by atoms with Crippen LogP contribution in [-0.2, 0) is 4.74 Å². The van der Waals surface area contributed by atoms with Crippen molar-refractivity contribution < 1.29 is 47.9 Å². The van der Waals surface area contributed by atoms with Crippen LogP contribution in [0.2, 0.25) is 0 Å². The lowest BCUT2D eigenvalue weighted by atomic mass is 10.3. The highest BCUT2D eigenvalue weighted by molar-refractivity contribution is 6.50. The topological polar surface area (TPSA) is 18.5 Å². The van der Waals surface area contributed by atoms with Gasteiger partial charge in [0, 0.05) is 6.61 Å². The molecule has 0 amide bonds. The first-order valence-corrected chi connectivity index (χ1v) is 9.42. The highest BCUT2D eigenvalue weighted by atomic mass is 127. The number of rotatable bonds is 7. The van der Waals surface area contributed by atoms with Gasteiger partial charge in [0.15, 0.2) is 9.32 Å². The van der Waals surface area contributed by atoms with Gasteiger partial charge in [0.25, 0.3) is 0 Å². The molecule has 0 bridgehead atoms. The Morgan fingerprint density at radius 2 is 1.46 bits per heavy atom. The number of para-hydroxylation sites is 1. The molecular weight excluding hydrogens is 438 g/mol. The molecule has 0 aliphatic heterocycles. The third-order valence-corrected chi connectivity index (χ3v) is 5.28. The van der Waals surface area contributed by atoms with Crippen LogP contribution in [0, 0.1) is 7.14 Å². The first kappa shape index (κ1) is 20.8. The number of halogens is 5. The summed E-state index contributed by atoms with van der Waals surface area (Å²) in [6.07, 6.45) is 0. The standard InChI is InChI=1S/C16H18IO2.BF4/c1-2-18-12-13-19-16-11-7-6-10-15(16)17-14-8-4-3-5-9-14;2-1(3,4)5/h3-11H,2,12-13H2,1H3;/q+1;-1. The van der Waals surface area contributed by atoms with Crippen molar-refractivity contribution in [2.24, 2.45) is 0 Å². The van der Waals surface area contributed by atoms with Gasteiger partial charge in [0.2, 0.25) is 3.57 Å². The van der Waals surface area contributed by atoms with Crippen molar-refractivity contribution in [2.45, 2.75) is 6.92 Å². The Balaban J connectivity index is 0.000000505. The normalized spacial score (nSPS) is 10.7. The minimum atomic E-state index is -6.00. The molecular formula is C16H18BF4IO2. The first-order valence-electron chi connectivity index (χ1n) is 7.27. The van der Waals surface area contributed by atoms with E-state index < -0.39 is 7.25 Å². The van der Waals surface area contributed by atoms with Gasteiger partial charge in [-0.1, -0.05) is 30.3 Å². The predicted molar refractivity (Wildman–Crippen MR) is 82.5 cm³/mol. The highest BCUT2D eigenvalue weighted by Crippen LogP contribution is 2.08. The van der Waals surface area contributed by atoms with Gasteiger partial charge in [0.05, 0.1) is 6.61 Å². The van der Waals surface area contributed by atoms with E-state index in [1.54, 1.807) is 0 Å². The number of hydrogen-bond donors (Lipinski definition) is 0. The number of hydrogen-bond acceptors (Lipinski definition) is 2. The van der Waals surface area contributed by atoms with Crippen molar-refractivity contribution in [3.05, 3.63) is 61.7 Å². The van der Waals surface area contributed by atoms with Crippen LogP contribution in [0.1, 0.15) is 6.92 Å². The molecule has 0 aliphatic rings. The molecule has 2 nitrogen and oxygen atoms in total. The molecule has 132 valence electrons. The Hall–Kier alpha value is -1.29. The van der Waals surface area contributed by atoms with Gasteiger partial charge in [0.1, 0.15) is 6.61 Å². The lowest BCUT2D eigenvalue weighted by molar-refractivity contribution is -0.598. The van der Waals surface area contributed by atoms with E-state index in [2.05, 4.69) is 42.5 Å². The molecule has 0 unspecified atom stereocenters. The zero-order valence-corrected chi connectivity index (χ0v) is 15.3. The third kappa shape index (κ3) is 10.5. The Kier molecular flexibility index (Phi) is 9.77. The largest absolute Gasteiger partial charge is 0.673 e. The Labute approximate surface area is 149 Å². The van der Waals surface area contributed by atoms with Gasteiger partial charge in [-0.2, -0.15) is 0 Å². The molecule has 0 saturated heterocycles. The monoisotopic (exact) mass is 456 g/mol. The van der Waals surface area contributed by atoms with Crippen molar-refractivity contribution in [2.75, 3.05) is 19.8 Å². The van der Waals surface area contributed by atoms with E-state index in [1.165, 1.54) is 7.14 Å². The number of ether oxygens (including phenoxy) is 2. The van der Waals surface area contributed by atoms with Gasteiger partial charge in [-0.3, -0.25) is 0 Å². The van der Waals surface area contributed by atoms with Crippen LogP contribution in [0.4, 0.5) is 17.3 Å². The summed E-state index contributed by atoms with van der Waals surface area (Å²) in [7, 11) is -6.00. The first-order chi connectivity index (χ1) is 11.4. The van der Waals surface area contributed by atoms with Crippen molar-refractivity contribution in [1.29, 1.82) is 0 Å². The second-order valence-electron chi connectivity index (χ2n) is 4.36. The van der Waals surface area contributed by atoms with Crippen molar-refractivity contribution >= 4 is 7.25 Å². The fraction of sp³-hybridized carbons (Fsp3) is 0.250. The lowest BCUT2D eigenvalue weighted by Gasteiger charge is -2.05. The number of benzene rings is 2. The van der Waals surface area contributed by atoms with E-state index in [0.29, 0.717) is 13.2 Å². The zero-order chi connectivity index (χ0) is 17.8. The van der Waals surface area contributed by atoms with Crippen LogP contribution in [0.15, 0.2) is 54.6 Å². The van der Waals surface area contributed by atoms with Crippen LogP contribution in [0.5, 0.6) is 5.75 Å². The Morgan fingerprint density at radius 3 is 2.08 bits per heavy atom.